The lowest BCUT2D eigenvalue weighted by Crippen LogP contribution is -2.48. The van der Waals surface area contributed by atoms with E-state index in [1.54, 1.807) is 0 Å². The third kappa shape index (κ3) is 6.07. The molecular formula is C27H35N5O3. The van der Waals surface area contributed by atoms with Gasteiger partial charge >= 0.3 is 11.1 Å². The molecule has 8 heteroatoms. The van der Waals surface area contributed by atoms with E-state index in [9.17, 15) is 14.4 Å². The predicted octanol–water partition coefficient (Wildman–Crippen LogP) is 1.66. The Morgan fingerprint density at radius 2 is 1.43 bits per heavy atom. The van der Waals surface area contributed by atoms with Crippen LogP contribution in [0.3, 0.4) is 0 Å². The van der Waals surface area contributed by atoms with Gasteiger partial charge in [-0.25, -0.2) is 0 Å². The van der Waals surface area contributed by atoms with Crippen molar-refractivity contribution in [3.8, 4) is 0 Å². The molecule has 0 unspecified atom stereocenters. The molecule has 0 atom stereocenters. The number of fused-ring (bicyclic) bond motifs is 1. The minimum Gasteiger partial charge on any atom is -0.355 e. The van der Waals surface area contributed by atoms with Gasteiger partial charge in [0.25, 0.3) is 0 Å². The summed E-state index contributed by atoms with van der Waals surface area (Å²) in [4.78, 5) is 43.3. The summed E-state index contributed by atoms with van der Waals surface area (Å²) >= 11 is 0. The van der Waals surface area contributed by atoms with Gasteiger partial charge < -0.3 is 14.8 Å². The van der Waals surface area contributed by atoms with Crippen LogP contribution >= 0.6 is 0 Å². The van der Waals surface area contributed by atoms with E-state index in [0.29, 0.717) is 24.1 Å². The standard InChI is InChI=1S/C27H35N5O3/c1-3-29-16-18-30(19-17-29)15-13-28-25(33)12-14-31-23-6-4-5-7-24(23)32(27(35)26(31)34)20-22-10-8-21(2)9-11-22/h4-11H,3,12-20H2,1-2H3,(H,28,33). The van der Waals surface area contributed by atoms with Crippen molar-refractivity contribution in [2.75, 3.05) is 45.8 Å². The number of piperazine rings is 1. The number of hydrogen-bond acceptors (Lipinski definition) is 5. The molecule has 0 bridgehead atoms. The number of nitrogens with zero attached hydrogens (tertiary/aromatic N) is 4. The lowest BCUT2D eigenvalue weighted by atomic mass is 10.1. The van der Waals surface area contributed by atoms with Crippen molar-refractivity contribution < 1.29 is 4.79 Å². The molecule has 4 rings (SSSR count). The van der Waals surface area contributed by atoms with Gasteiger partial charge in [-0.15, -0.1) is 0 Å². The van der Waals surface area contributed by atoms with E-state index in [1.807, 2.05) is 55.5 Å². The Kier molecular flexibility index (Phi) is 8.15. The van der Waals surface area contributed by atoms with Crippen LogP contribution in [0.5, 0.6) is 0 Å². The molecule has 35 heavy (non-hydrogen) atoms. The van der Waals surface area contributed by atoms with Gasteiger partial charge in [-0.05, 0) is 31.2 Å². The first-order valence-electron chi connectivity index (χ1n) is 12.5. The summed E-state index contributed by atoms with van der Waals surface area (Å²) in [6.07, 6.45) is 0.148. The van der Waals surface area contributed by atoms with Gasteiger partial charge in [-0.3, -0.25) is 23.9 Å². The van der Waals surface area contributed by atoms with E-state index in [1.165, 1.54) is 9.13 Å². The predicted molar refractivity (Wildman–Crippen MR) is 139 cm³/mol. The Morgan fingerprint density at radius 1 is 0.829 bits per heavy atom. The summed E-state index contributed by atoms with van der Waals surface area (Å²) in [7, 11) is 0. The van der Waals surface area contributed by atoms with Crippen LogP contribution in [0, 0.1) is 6.92 Å². The first-order valence-corrected chi connectivity index (χ1v) is 12.5. The monoisotopic (exact) mass is 477 g/mol. The van der Waals surface area contributed by atoms with Gasteiger partial charge in [-0.2, -0.15) is 0 Å². The zero-order chi connectivity index (χ0) is 24.8. The molecule has 2 heterocycles. The minimum absolute atomic E-state index is 0.114. The van der Waals surface area contributed by atoms with Crippen LogP contribution in [0.1, 0.15) is 24.5 Å². The first-order chi connectivity index (χ1) is 17.0. The molecule has 1 aliphatic heterocycles. The number of aryl methyl sites for hydroxylation is 2. The quantitative estimate of drug-likeness (QED) is 0.475. The Hall–Kier alpha value is -3.23. The molecule has 3 aromatic rings. The van der Waals surface area contributed by atoms with Gasteiger partial charge in [0.2, 0.25) is 5.91 Å². The Morgan fingerprint density at radius 3 is 2.09 bits per heavy atom. The van der Waals surface area contributed by atoms with Crippen molar-refractivity contribution in [1.29, 1.82) is 0 Å². The van der Waals surface area contributed by atoms with Crippen LogP contribution in [0.25, 0.3) is 11.0 Å². The molecule has 186 valence electrons. The highest BCUT2D eigenvalue weighted by atomic mass is 16.2. The number of carbonyl (C=O) groups excluding carboxylic acids is 1. The lowest BCUT2D eigenvalue weighted by Gasteiger charge is -2.33. The maximum Gasteiger partial charge on any atom is 0.317 e. The van der Waals surface area contributed by atoms with E-state index >= 15 is 0 Å². The molecule has 1 fully saturated rings. The number of aromatic nitrogens is 2. The highest BCUT2D eigenvalue weighted by Gasteiger charge is 2.16. The van der Waals surface area contributed by atoms with E-state index < -0.39 is 11.1 Å². The summed E-state index contributed by atoms with van der Waals surface area (Å²) in [5.41, 5.74) is 2.26. The molecule has 1 saturated heterocycles. The summed E-state index contributed by atoms with van der Waals surface area (Å²) in [5, 5.41) is 2.96. The van der Waals surface area contributed by atoms with E-state index in [-0.39, 0.29) is 18.9 Å². The highest BCUT2D eigenvalue weighted by Crippen LogP contribution is 2.13. The van der Waals surface area contributed by atoms with Crippen molar-refractivity contribution in [3.63, 3.8) is 0 Å². The van der Waals surface area contributed by atoms with Gasteiger partial charge in [0.1, 0.15) is 0 Å². The van der Waals surface area contributed by atoms with Gasteiger partial charge in [0, 0.05) is 52.2 Å². The molecule has 1 N–H and O–H groups in total. The van der Waals surface area contributed by atoms with Crippen molar-refractivity contribution >= 4 is 16.9 Å². The van der Waals surface area contributed by atoms with Gasteiger partial charge in [0.15, 0.2) is 0 Å². The van der Waals surface area contributed by atoms with E-state index in [4.69, 9.17) is 0 Å². The molecule has 0 aliphatic carbocycles. The maximum atomic E-state index is 13.0. The number of nitrogens with one attached hydrogen (secondary N) is 1. The first kappa shape index (κ1) is 24.9. The SMILES string of the molecule is CCN1CCN(CCNC(=O)CCn2c(=O)c(=O)n(Cc3ccc(C)cc3)c3ccccc32)CC1. The summed E-state index contributed by atoms with van der Waals surface area (Å²) in [5.74, 6) is -0.114. The molecule has 0 spiro atoms. The van der Waals surface area contributed by atoms with Crippen molar-refractivity contribution in [2.45, 2.75) is 33.4 Å². The Labute approximate surface area is 205 Å². The number of rotatable bonds is 9. The fourth-order valence-electron chi connectivity index (χ4n) is 4.61. The molecule has 1 aliphatic rings. The number of hydrogen-bond donors (Lipinski definition) is 1. The average Bonchev–Trinajstić information content (AvgIpc) is 2.88. The lowest BCUT2D eigenvalue weighted by molar-refractivity contribution is -0.121. The topological polar surface area (TPSA) is 79.6 Å². The van der Waals surface area contributed by atoms with Gasteiger partial charge in [-0.1, -0.05) is 48.9 Å². The van der Waals surface area contributed by atoms with Crippen LogP contribution in [-0.4, -0.2) is 70.7 Å². The molecule has 8 nitrogen and oxygen atoms in total. The molecule has 1 amide bonds. The Bertz CT molecular complexity index is 1270. The van der Waals surface area contributed by atoms with Crippen molar-refractivity contribution in [1.82, 2.24) is 24.3 Å². The normalized spacial score (nSPS) is 14.9. The third-order valence-corrected chi connectivity index (χ3v) is 6.82. The number of benzene rings is 2. The number of carbonyl (C=O) groups is 1. The smallest absolute Gasteiger partial charge is 0.317 e. The zero-order valence-corrected chi connectivity index (χ0v) is 20.7. The fourth-order valence-corrected chi connectivity index (χ4v) is 4.61. The number of likely N-dealkylation sites (N-methyl/N-ethyl adjacent to an activating group) is 1. The summed E-state index contributed by atoms with van der Waals surface area (Å²) in [6, 6.07) is 15.3. The average molecular weight is 478 g/mol. The molecular weight excluding hydrogens is 442 g/mol. The third-order valence-electron chi connectivity index (χ3n) is 6.82. The Balaban J connectivity index is 1.42. The largest absolute Gasteiger partial charge is 0.355 e. The van der Waals surface area contributed by atoms with Crippen LogP contribution in [0.2, 0.25) is 0 Å². The summed E-state index contributed by atoms with van der Waals surface area (Å²) in [6.45, 7) is 11.3. The summed E-state index contributed by atoms with van der Waals surface area (Å²) < 4.78 is 2.96. The second-order valence-corrected chi connectivity index (χ2v) is 9.20. The molecule has 1 aromatic heterocycles. The molecule has 0 saturated carbocycles. The van der Waals surface area contributed by atoms with Gasteiger partial charge in [0.05, 0.1) is 17.6 Å². The fraction of sp³-hybridized carbons (Fsp3) is 0.444. The van der Waals surface area contributed by atoms with Crippen LogP contribution in [-0.2, 0) is 17.9 Å². The zero-order valence-electron chi connectivity index (χ0n) is 20.7. The van der Waals surface area contributed by atoms with Crippen molar-refractivity contribution in [2.24, 2.45) is 0 Å². The maximum absolute atomic E-state index is 13.0. The van der Waals surface area contributed by atoms with Crippen molar-refractivity contribution in [3.05, 3.63) is 80.4 Å². The van der Waals surface area contributed by atoms with Crippen LogP contribution in [0.15, 0.2) is 58.1 Å². The molecule has 0 radical (unpaired) electrons. The minimum atomic E-state index is -0.600. The van der Waals surface area contributed by atoms with E-state index in [2.05, 4.69) is 22.0 Å². The highest BCUT2D eigenvalue weighted by molar-refractivity contribution is 5.77. The van der Waals surface area contributed by atoms with E-state index in [0.717, 1.165) is 50.4 Å². The second-order valence-electron chi connectivity index (χ2n) is 9.20. The molecule has 2 aromatic carbocycles. The number of amides is 1. The second kappa shape index (κ2) is 11.5. The van der Waals surface area contributed by atoms with Crippen LogP contribution in [0.4, 0.5) is 0 Å². The van der Waals surface area contributed by atoms with Crippen LogP contribution < -0.4 is 16.4 Å². The number of para-hydroxylation sites is 2.